The summed E-state index contributed by atoms with van der Waals surface area (Å²) in [6, 6.07) is 2.18. The number of nitrogens with zero attached hydrogens (tertiary/aromatic N) is 2. The normalized spacial score (nSPS) is 23.9. The number of carbonyl (C=O) groups excluding carboxylic acids is 1. The van der Waals surface area contributed by atoms with Crippen LogP contribution in [0.15, 0.2) is 11.1 Å². The number of carbonyl (C=O) groups is 1. The van der Waals surface area contributed by atoms with Crippen molar-refractivity contribution in [3.63, 3.8) is 0 Å². The maximum atomic E-state index is 12.2. The number of nitrogens with one attached hydrogen (secondary N) is 1. The van der Waals surface area contributed by atoms with E-state index in [9.17, 15) is 10.1 Å². The van der Waals surface area contributed by atoms with E-state index >= 15 is 0 Å². The predicted octanol–water partition coefficient (Wildman–Crippen LogP) is 2.14. The molecule has 0 fully saturated rings. The summed E-state index contributed by atoms with van der Waals surface area (Å²) in [7, 11) is 0. The van der Waals surface area contributed by atoms with Gasteiger partial charge in [-0.05, 0) is 43.3 Å². The maximum absolute atomic E-state index is 12.2. The van der Waals surface area contributed by atoms with E-state index in [4.69, 9.17) is 0 Å². The van der Waals surface area contributed by atoms with Crippen LogP contribution in [0.5, 0.6) is 0 Å². The second-order valence-electron chi connectivity index (χ2n) is 5.08. The molecule has 0 aromatic carbocycles. The molecule has 0 saturated heterocycles. The fraction of sp³-hybridized carbons (Fsp3) is 0.714. The lowest BCUT2D eigenvalue weighted by molar-refractivity contribution is -0.136. The lowest BCUT2D eigenvalue weighted by Crippen LogP contribution is -2.50. The summed E-state index contributed by atoms with van der Waals surface area (Å²) < 4.78 is 0. The van der Waals surface area contributed by atoms with Crippen LogP contribution in [-0.4, -0.2) is 24.0 Å². The smallest absolute Gasteiger partial charge is 0.258 e. The molecule has 18 heavy (non-hydrogen) atoms. The molecule has 1 atom stereocenters. The zero-order valence-corrected chi connectivity index (χ0v) is 11.0. The van der Waals surface area contributed by atoms with Crippen molar-refractivity contribution in [2.24, 2.45) is 5.92 Å². The first-order valence-corrected chi connectivity index (χ1v) is 6.93. The number of rotatable bonds is 4. The summed E-state index contributed by atoms with van der Waals surface area (Å²) in [6.07, 6.45) is 6.44. The summed E-state index contributed by atoms with van der Waals surface area (Å²) in [5.74, 6) is -0.600. The highest BCUT2D eigenvalue weighted by molar-refractivity contribution is 5.85. The van der Waals surface area contributed by atoms with E-state index in [0.717, 1.165) is 44.2 Å². The zero-order valence-electron chi connectivity index (χ0n) is 11.0. The van der Waals surface area contributed by atoms with Crippen LogP contribution in [0, 0.1) is 17.2 Å². The highest BCUT2D eigenvalue weighted by Crippen LogP contribution is 2.34. The molecule has 4 nitrogen and oxygen atoms in total. The van der Waals surface area contributed by atoms with Crippen LogP contribution in [0.25, 0.3) is 0 Å². The van der Waals surface area contributed by atoms with E-state index in [1.54, 1.807) is 5.01 Å². The molecular formula is C14H21N3O. The van der Waals surface area contributed by atoms with Crippen molar-refractivity contribution < 1.29 is 4.79 Å². The van der Waals surface area contributed by atoms with E-state index in [1.165, 1.54) is 12.0 Å². The molecule has 2 aliphatic rings. The predicted molar refractivity (Wildman–Crippen MR) is 69.2 cm³/mol. The summed E-state index contributed by atoms with van der Waals surface area (Å²) in [5.41, 5.74) is 5.60. The molecule has 0 spiro atoms. The molecule has 1 aliphatic heterocycles. The average Bonchev–Trinajstić information content (AvgIpc) is 2.40. The molecule has 1 heterocycles. The summed E-state index contributed by atoms with van der Waals surface area (Å²) in [6.45, 7) is 3.61. The van der Waals surface area contributed by atoms with Gasteiger partial charge in [-0.3, -0.25) is 9.80 Å². The second-order valence-corrected chi connectivity index (χ2v) is 5.08. The van der Waals surface area contributed by atoms with Gasteiger partial charge in [0.1, 0.15) is 5.92 Å². The molecule has 1 amide bonds. The number of amides is 1. The van der Waals surface area contributed by atoms with Gasteiger partial charge in [0.25, 0.3) is 5.91 Å². The fourth-order valence-electron chi connectivity index (χ4n) is 2.75. The molecule has 4 heteroatoms. The quantitative estimate of drug-likeness (QED) is 0.611. The van der Waals surface area contributed by atoms with Crippen LogP contribution < -0.4 is 5.43 Å². The van der Waals surface area contributed by atoms with E-state index < -0.39 is 5.92 Å². The number of hydrogen-bond donors (Lipinski definition) is 1. The van der Waals surface area contributed by atoms with E-state index in [-0.39, 0.29) is 5.91 Å². The first kappa shape index (κ1) is 13.1. The summed E-state index contributed by atoms with van der Waals surface area (Å²) in [4.78, 5) is 12.2. The number of hydrogen-bond acceptors (Lipinski definition) is 3. The van der Waals surface area contributed by atoms with Crippen LogP contribution in [-0.2, 0) is 4.79 Å². The Kier molecular flexibility index (Phi) is 4.38. The lowest BCUT2D eigenvalue weighted by atomic mass is 9.81. The van der Waals surface area contributed by atoms with Gasteiger partial charge >= 0.3 is 0 Å². The maximum Gasteiger partial charge on any atom is 0.258 e. The molecular weight excluding hydrogens is 226 g/mol. The standard InChI is InChI=1S/C14H21N3O/c1-2-3-8-16-17-10-11-6-4-5-7-12(11)13(9-15)14(17)18/h13,16H,2-8,10H2,1H3. The van der Waals surface area contributed by atoms with Gasteiger partial charge in [-0.25, -0.2) is 5.43 Å². The fourth-order valence-corrected chi connectivity index (χ4v) is 2.75. The van der Waals surface area contributed by atoms with Crippen LogP contribution in [0.1, 0.15) is 45.4 Å². The largest absolute Gasteiger partial charge is 0.272 e. The van der Waals surface area contributed by atoms with Gasteiger partial charge in [0, 0.05) is 6.54 Å². The molecule has 0 radical (unpaired) electrons. The van der Waals surface area contributed by atoms with Gasteiger partial charge < -0.3 is 0 Å². The van der Waals surface area contributed by atoms with Crippen molar-refractivity contribution in [1.29, 1.82) is 5.26 Å². The zero-order chi connectivity index (χ0) is 13.0. The minimum Gasteiger partial charge on any atom is -0.272 e. The Morgan fingerprint density at radius 1 is 1.44 bits per heavy atom. The topological polar surface area (TPSA) is 56.1 Å². The van der Waals surface area contributed by atoms with Gasteiger partial charge in [0.15, 0.2) is 0 Å². The van der Waals surface area contributed by atoms with Crippen LogP contribution in [0.2, 0.25) is 0 Å². The van der Waals surface area contributed by atoms with Crippen molar-refractivity contribution in [3.8, 4) is 6.07 Å². The highest BCUT2D eigenvalue weighted by atomic mass is 16.2. The molecule has 1 N–H and O–H groups in total. The Hall–Kier alpha value is -1.34. The molecule has 0 aromatic heterocycles. The van der Waals surface area contributed by atoms with Crippen molar-refractivity contribution in [1.82, 2.24) is 10.4 Å². The second kappa shape index (κ2) is 6.01. The summed E-state index contributed by atoms with van der Waals surface area (Å²) >= 11 is 0. The molecule has 98 valence electrons. The van der Waals surface area contributed by atoms with Crippen molar-refractivity contribution in [3.05, 3.63) is 11.1 Å². The minimum atomic E-state index is -0.539. The van der Waals surface area contributed by atoms with Crippen LogP contribution in [0.4, 0.5) is 0 Å². The lowest BCUT2D eigenvalue weighted by Gasteiger charge is -2.35. The molecule has 0 saturated carbocycles. The Balaban J connectivity index is 2.10. The molecule has 2 rings (SSSR count). The third kappa shape index (κ3) is 2.56. The Labute approximate surface area is 109 Å². The third-order valence-electron chi connectivity index (χ3n) is 3.80. The average molecular weight is 247 g/mol. The monoisotopic (exact) mass is 247 g/mol. The van der Waals surface area contributed by atoms with Gasteiger partial charge in [-0.15, -0.1) is 0 Å². The Bertz CT molecular complexity index is 394. The van der Waals surface area contributed by atoms with Gasteiger partial charge in [-0.2, -0.15) is 5.26 Å². The molecule has 0 bridgehead atoms. The van der Waals surface area contributed by atoms with E-state index in [2.05, 4.69) is 18.4 Å². The third-order valence-corrected chi connectivity index (χ3v) is 3.80. The first-order chi connectivity index (χ1) is 8.77. The summed E-state index contributed by atoms with van der Waals surface area (Å²) in [5, 5.41) is 10.9. The molecule has 1 unspecified atom stereocenters. The van der Waals surface area contributed by atoms with E-state index in [1.807, 2.05) is 0 Å². The van der Waals surface area contributed by atoms with Crippen LogP contribution >= 0.6 is 0 Å². The number of unbranched alkanes of at least 4 members (excludes halogenated alkanes) is 1. The van der Waals surface area contributed by atoms with Crippen LogP contribution in [0.3, 0.4) is 0 Å². The highest BCUT2D eigenvalue weighted by Gasteiger charge is 2.35. The Morgan fingerprint density at radius 2 is 2.22 bits per heavy atom. The minimum absolute atomic E-state index is 0.0609. The van der Waals surface area contributed by atoms with Crippen molar-refractivity contribution in [2.75, 3.05) is 13.1 Å². The molecule has 1 aliphatic carbocycles. The van der Waals surface area contributed by atoms with E-state index in [0.29, 0.717) is 6.54 Å². The number of nitriles is 1. The van der Waals surface area contributed by atoms with Crippen molar-refractivity contribution in [2.45, 2.75) is 45.4 Å². The van der Waals surface area contributed by atoms with Gasteiger partial charge in [0.05, 0.1) is 12.6 Å². The SMILES string of the molecule is CCCCNN1CC2=C(CCCC2)C(C#N)C1=O. The van der Waals surface area contributed by atoms with Gasteiger partial charge in [0.2, 0.25) is 0 Å². The van der Waals surface area contributed by atoms with Gasteiger partial charge in [-0.1, -0.05) is 13.3 Å². The first-order valence-electron chi connectivity index (χ1n) is 6.93. The van der Waals surface area contributed by atoms with Crippen molar-refractivity contribution >= 4 is 5.91 Å². The Morgan fingerprint density at radius 3 is 2.94 bits per heavy atom. The number of hydrazine groups is 1. The molecule has 0 aromatic rings.